The van der Waals surface area contributed by atoms with E-state index in [1.807, 2.05) is 67.6 Å². The van der Waals surface area contributed by atoms with Gasteiger partial charge in [-0.05, 0) is 44.0 Å². The zero-order valence-electron chi connectivity index (χ0n) is 23.1. The number of rotatable bonds is 6. The summed E-state index contributed by atoms with van der Waals surface area (Å²) < 4.78 is 18.6. The molecule has 7 rings (SSSR count). The second-order valence-corrected chi connectivity index (χ2v) is 11.9. The first-order chi connectivity index (χ1) is 19.9. The summed E-state index contributed by atoms with van der Waals surface area (Å²) in [6, 6.07) is 14.1. The second-order valence-electron chi connectivity index (χ2n) is 11.9. The van der Waals surface area contributed by atoms with Crippen molar-refractivity contribution < 1.29 is 28.6 Å². The van der Waals surface area contributed by atoms with E-state index in [2.05, 4.69) is 10.6 Å². The average Bonchev–Trinajstić information content (AvgIpc) is 3.62. The van der Waals surface area contributed by atoms with Crippen molar-refractivity contribution in [2.24, 2.45) is 11.8 Å². The Morgan fingerprint density at radius 3 is 2.54 bits per heavy atom. The van der Waals surface area contributed by atoms with Gasteiger partial charge in [-0.3, -0.25) is 14.4 Å². The van der Waals surface area contributed by atoms with Crippen LogP contribution >= 0.6 is 0 Å². The summed E-state index contributed by atoms with van der Waals surface area (Å²) >= 11 is 0. The number of hydrogen-bond donors (Lipinski definition) is 2. The zero-order valence-corrected chi connectivity index (χ0v) is 23.1. The van der Waals surface area contributed by atoms with E-state index >= 15 is 0 Å². The lowest BCUT2D eigenvalue weighted by atomic mass is 9.74. The average molecular weight is 558 g/mol. The Kier molecular flexibility index (Phi) is 6.49. The lowest BCUT2D eigenvalue weighted by Gasteiger charge is -2.36. The van der Waals surface area contributed by atoms with Crippen molar-refractivity contribution in [2.45, 2.75) is 68.9 Å². The molecule has 4 unspecified atom stereocenters. The Morgan fingerprint density at radius 1 is 1.00 bits per heavy atom. The molecule has 1 spiro atoms. The number of benzene rings is 2. The molecular weight excluding hydrogens is 522 g/mol. The number of likely N-dealkylation sites (tertiary alicyclic amines) is 1. The van der Waals surface area contributed by atoms with E-state index in [0.717, 1.165) is 37.7 Å². The van der Waals surface area contributed by atoms with Gasteiger partial charge in [0.05, 0.1) is 24.5 Å². The molecule has 2 saturated heterocycles. The van der Waals surface area contributed by atoms with Crippen LogP contribution in [-0.4, -0.2) is 65.7 Å². The number of nitrogens with zero attached hydrogens (tertiary/aromatic N) is 1. The number of fused-ring (bicyclic) bond motifs is 2. The lowest BCUT2D eigenvalue weighted by molar-refractivity contribution is -0.143. The van der Waals surface area contributed by atoms with E-state index < -0.39 is 35.7 Å². The Bertz CT molecular complexity index is 1390. The molecule has 6 atom stereocenters. The number of aryl methyl sites for hydroxylation is 1. The summed E-state index contributed by atoms with van der Waals surface area (Å²) in [6.07, 6.45) is 7.76. The molecule has 3 fully saturated rings. The van der Waals surface area contributed by atoms with Crippen LogP contribution < -0.4 is 20.1 Å². The molecule has 1 saturated carbocycles. The van der Waals surface area contributed by atoms with Crippen molar-refractivity contribution in [3.8, 4) is 11.5 Å². The Balaban J connectivity index is 1.18. The molecule has 2 aromatic carbocycles. The number of nitrogens with one attached hydrogen (secondary N) is 2. The Hall–Kier alpha value is -3.85. The first-order valence-electron chi connectivity index (χ1n) is 14.7. The van der Waals surface area contributed by atoms with Gasteiger partial charge in [0.1, 0.15) is 18.2 Å². The largest absolute Gasteiger partial charge is 0.486 e. The Morgan fingerprint density at radius 2 is 1.76 bits per heavy atom. The SMILES string of the molecule is Cc1ccc(NC(=O)C2[C@H]3C=CC4(O3)C(C(=O)NC3CCCCC3)N(CC3COc5ccccc5O3)C(=O)[C@@H]24)cc1. The van der Waals surface area contributed by atoms with Crippen LogP contribution in [0.4, 0.5) is 5.69 Å². The van der Waals surface area contributed by atoms with Gasteiger partial charge in [-0.1, -0.05) is 61.2 Å². The highest BCUT2D eigenvalue weighted by Crippen LogP contribution is 2.55. The van der Waals surface area contributed by atoms with Gasteiger partial charge in [0.15, 0.2) is 17.6 Å². The number of carbonyl (C=O) groups excluding carboxylic acids is 3. The topological polar surface area (TPSA) is 106 Å². The van der Waals surface area contributed by atoms with Crippen LogP contribution in [0.15, 0.2) is 60.7 Å². The van der Waals surface area contributed by atoms with Crippen LogP contribution in [-0.2, 0) is 19.1 Å². The van der Waals surface area contributed by atoms with E-state index in [-0.39, 0.29) is 36.9 Å². The van der Waals surface area contributed by atoms with Crippen molar-refractivity contribution in [1.29, 1.82) is 0 Å². The maximum absolute atomic E-state index is 14.3. The van der Waals surface area contributed by atoms with E-state index in [1.165, 1.54) is 0 Å². The predicted octanol–water partition coefficient (Wildman–Crippen LogP) is 3.37. The van der Waals surface area contributed by atoms with E-state index in [9.17, 15) is 14.4 Å². The molecule has 2 bridgehead atoms. The molecule has 4 aliphatic heterocycles. The van der Waals surface area contributed by atoms with Gasteiger partial charge in [0.2, 0.25) is 17.7 Å². The molecular formula is C32H35N3O6. The van der Waals surface area contributed by atoms with Crippen LogP contribution in [0.25, 0.3) is 0 Å². The van der Waals surface area contributed by atoms with Crippen LogP contribution in [0, 0.1) is 18.8 Å². The van der Waals surface area contributed by atoms with Gasteiger partial charge in [-0.2, -0.15) is 0 Å². The fourth-order valence-electron chi connectivity index (χ4n) is 7.23. The van der Waals surface area contributed by atoms with Gasteiger partial charge < -0.3 is 29.7 Å². The van der Waals surface area contributed by atoms with Gasteiger partial charge in [-0.15, -0.1) is 0 Å². The van der Waals surface area contributed by atoms with Crippen molar-refractivity contribution in [3.63, 3.8) is 0 Å². The molecule has 1 aliphatic carbocycles. The fourth-order valence-corrected chi connectivity index (χ4v) is 7.23. The van der Waals surface area contributed by atoms with Gasteiger partial charge in [0.25, 0.3) is 0 Å². The first-order valence-corrected chi connectivity index (χ1v) is 14.7. The third-order valence-corrected chi connectivity index (χ3v) is 9.16. The highest BCUT2D eigenvalue weighted by molar-refractivity contribution is 6.02. The van der Waals surface area contributed by atoms with E-state index in [1.54, 1.807) is 4.90 Å². The van der Waals surface area contributed by atoms with Crippen molar-refractivity contribution in [2.75, 3.05) is 18.5 Å². The molecule has 2 N–H and O–H groups in total. The normalized spacial score (nSPS) is 31.7. The summed E-state index contributed by atoms with van der Waals surface area (Å²) in [6.45, 7) is 2.36. The van der Waals surface area contributed by atoms with Gasteiger partial charge in [-0.25, -0.2) is 0 Å². The number of para-hydroxylation sites is 2. The van der Waals surface area contributed by atoms with Crippen molar-refractivity contribution in [3.05, 3.63) is 66.2 Å². The summed E-state index contributed by atoms with van der Waals surface area (Å²) in [5.74, 6) is -1.12. The molecule has 9 heteroatoms. The summed E-state index contributed by atoms with van der Waals surface area (Å²) in [7, 11) is 0. The highest BCUT2D eigenvalue weighted by Gasteiger charge is 2.73. The Labute approximate surface area is 239 Å². The van der Waals surface area contributed by atoms with Crippen molar-refractivity contribution in [1.82, 2.24) is 10.2 Å². The highest BCUT2D eigenvalue weighted by atomic mass is 16.6. The minimum absolute atomic E-state index is 0.0630. The monoisotopic (exact) mass is 557 g/mol. The number of hydrogen-bond acceptors (Lipinski definition) is 6. The minimum Gasteiger partial charge on any atom is -0.486 e. The molecule has 214 valence electrons. The van der Waals surface area contributed by atoms with Gasteiger partial charge >= 0.3 is 0 Å². The maximum atomic E-state index is 14.3. The molecule has 41 heavy (non-hydrogen) atoms. The third kappa shape index (κ3) is 4.47. The molecule has 9 nitrogen and oxygen atoms in total. The van der Waals surface area contributed by atoms with Crippen LogP contribution in [0.2, 0.25) is 0 Å². The molecule has 0 aromatic heterocycles. The predicted molar refractivity (Wildman–Crippen MR) is 150 cm³/mol. The summed E-state index contributed by atoms with van der Waals surface area (Å²) in [4.78, 5) is 43.5. The van der Waals surface area contributed by atoms with Crippen LogP contribution in [0.1, 0.15) is 37.7 Å². The lowest BCUT2D eigenvalue weighted by Crippen LogP contribution is -2.58. The second kappa shape index (κ2) is 10.2. The number of ether oxygens (including phenoxy) is 3. The van der Waals surface area contributed by atoms with Crippen LogP contribution in [0.3, 0.4) is 0 Å². The first kappa shape index (κ1) is 26.1. The standard InChI is InChI=1S/C32H35N3O6/c1-19-11-13-21(14-12-19)33-29(36)26-25-15-16-32(41-25)27(26)31(38)35(28(32)30(37)34-20-7-3-2-4-8-20)17-22-18-39-23-9-5-6-10-24(23)40-22/h5-6,9-16,20,22,25-28H,2-4,7-8,17-18H2,1H3,(H,33,36)(H,34,37)/t22?,25-,26?,27-,28?,32?/m1/s1. The van der Waals surface area contributed by atoms with E-state index in [0.29, 0.717) is 17.2 Å². The number of anilines is 1. The number of carbonyl (C=O) groups is 3. The molecule has 0 radical (unpaired) electrons. The van der Waals surface area contributed by atoms with Crippen molar-refractivity contribution >= 4 is 23.4 Å². The molecule has 5 aliphatic rings. The van der Waals surface area contributed by atoms with Crippen LogP contribution in [0.5, 0.6) is 11.5 Å². The third-order valence-electron chi connectivity index (χ3n) is 9.16. The minimum atomic E-state index is -1.22. The number of amides is 3. The molecule has 3 amide bonds. The molecule has 4 heterocycles. The smallest absolute Gasteiger partial charge is 0.246 e. The zero-order chi connectivity index (χ0) is 28.1. The fraction of sp³-hybridized carbons (Fsp3) is 0.469. The maximum Gasteiger partial charge on any atom is 0.246 e. The van der Waals surface area contributed by atoms with E-state index in [4.69, 9.17) is 14.2 Å². The molecule has 2 aromatic rings. The summed E-state index contributed by atoms with van der Waals surface area (Å²) in [5.41, 5.74) is 0.517. The summed E-state index contributed by atoms with van der Waals surface area (Å²) in [5, 5.41) is 6.20. The quantitative estimate of drug-likeness (QED) is 0.528. The van der Waals surface area contributed by atoms with Gasteiger partial charge in [0, 0.05) is 11.7 Å².